The smallest absolute Gasteiger partial charge is 0.337 e. The first-order valence-corrected chi connectivity index (χ1v) is 10.6. The van der Waals surface area contributed by atoms with Crippen molar-refractivity contribution in [1.29, 1.82) is 0 Å². The number of nitrogens with zero attached hydrogens (tertiary/aromatic N) is 1. The molecule has 1 aliphatic rings. The lowest BCUT2D eigenvalue weighted by atomic mass is 10.1. The maximum atomic E-state index is 12.6. The molecule has 3 aromatic carbocycles. The highest BCUT2D eigenvalue weighted by atomic mass is 79.9. The molecule has 7 nitrogen and oxygen atoms in total. The topological polar surface area (TPSA) is 84.9 Å². The number of amides is 2. The summed E-state index contributed by atoms with van der Waals surface area (Å²) in [5.74, 6) is -0.407. The molecule has 1 N–H and O–H groups in total. The van der Waals surface area contributed by atoms with Gasteiger partial charge in [0.2, 0.25) is 0 Å². The number of nitrogens with one attached hydrogen (secondary N) is 1. The third kappa shape index (κ3) is 4.65. The maximum absolute atomic E-state index is 12.6. The Morgan fingerprint density at radius 1 is 1.06 bits per heavy atom. The molecule has 1 aliphatic heterocycles. The predicted octanol–water partition coefficient (Wildman–Crippen LogP) is 4.41. The van der Waals surface area contributed by atoms with Crippen LogP contribution in [0.15, 0.2) is 71.2 Å². The van der Waals surface area contributed by atoms with Crippen molar-refractivity contribution < 1.29 is 23.9 Å². The minimum absolute atomic E-state index is 0.0898. The van der Waals surface area contributed by atoms with Crippen LogP contribution in [0.2, 0.25) is 0 Å². The third-order valence-electron chi connectivity index (χ3n) is 4.94. The van der Waals surface area contributed by atoms with Gasteiger partial charge in [0.05, 0.1) is 24.9 Å². The van der Waals surface area contributed by atoms with E-state index in [0.717, 1.165) is 10.0 Å². The van der Waals surface area contributed by atoms with Crippen LogP contribution in [-0.4, -0.2) is 31.5 Å². The van der Waals surface area contributed by atoms with Gasteiger partial charge in [-0.3, -0.25) is 9.59 Å². The molecule has 0 fully saturated rings. The number of hydrogen-bond acceptors (Lipinski definition) is 5. The number of esters is 1. The van der Waals surface area contributed by atoms with E-state index < -0.39 is 5.97 Å². The Morgan fingerprint density at radius 2 is 1.84 bits per heavy atom. The molecule has 0 radical (unpaired) electrons. The van der Waals surface area contributed by atoms with Crippen LogP contribution in [0.3, 0.4) is 0 Å². The fourth-order valence-corrected chi connectivity index (χ4v) is 3.78. The van der Waals surface area contributed by atoms with Gasteiger partial charge in [0.15, 0.2) is 6.61 Å². The molecule has 1 heterocycles. The minimum atomic E-state index is -0.446. The average Bonchev–Trinajstić information content (AvgIpc) is 2.80. The van der Waals surface area contributed by atoms with E-state index in [0.29, 0.717) is 28.3 Å². The van der Waals surface area contributed by atoms with Crippen molar-refractivity contribution in [3.63, 3.8) is 0 Å². The Bertz CT molecular complexity index is 1210. The van der Waals surface area contributed by atoms with Gasteiger partial charge in [-0.25, -0.2) is 4.79 Å². The van der Waals surface area contributed by atoms with Crippen molar-refractivity contribution in [2.75, 3.05) is 23.9 Å². The summed E-state index contributed by atoms with van der Waals surface area (Å²) in [5.41, 5.74) is 2.73. The van der Waals surface area contributed by atoms with Crippen LogP contribution in [0.4, 0.5) is 11.4 Å². The molecule has 4 rings (SSSR count). The van der Waals surface area contributed by atoms with Crippen LogP contribution in [0.5, 0.6) is 5.75 Å². The van der Waals surface area contributed by atoms with Gasteiger partial charge in [-0.2, -0.15) is 0 Å². The number of fused-ring (bicyclic) bond motifs is 1. The quantitative estimate of drug-likeness (QED) is 0.530. The Labute approximate surface area is 193 Å². The molecule has 8 heteroatoms. The first-order valence-electron chi connectivity index (χ1n) is 9.76. The predicted molar refractivity (Wildman–Crippen MR) is 123 cm³/mol. The number of carbonyl (C=O) groups excluding carboxylic acids is 3. The number of hydrogen-bond donors (Lipinski definition) is 1. The van der Waals surface area contributed by atoms with E-state index in [-0.39, 0.29) is 25.0 Å². The van der Waals surface area contributed by atoms with Crippen LogP contribution in [0, 0.1) is 0 Å². The minimum Gasteiger partial charge on any atom is -0.482 e. The molecule has 3 aromatic rings. The van der Waals surface area contributed by atoms with E-state index >= 15 is 0 Å². The zero-order valence-corrected chi connectivity index (χ0v) is 18.7. The van der Waals surface area contributed by atoms with Crippen molar-refractivity contribution in [2.45, 2.75) is 6.54 Å². The second-order valence-electron chi connectivity index (χ2n) is 7.11. The molecule has 0 spiro atoms. The number of carbonyl (C=O) groups is 3. The van der Waals surface area contributed by atoms with Gasteiger partial charge in [-0.05, 0) is 54.1 Å². The van der Waals surface area contributed by atoms with Crippen molar-refractivity contribution in [1.82, 2.24) is 0 Å². The molecular formula is C24H19BrN2O5. The molecule has 0 atom stereocenters. The fraction of sp³-hybridized carbons (Fsp3) is 0.125. The molecule has 32 heavy (non-hydrogen) atoms. The van der Waals surface area contributed by atoms with E-state index in [4.69, 9.17) is 9.47 Å². The largest absolute Gasteiger partial charge is 0.482 e. The maximum Gasteiger partial charge on any atom is 0.337 e. The molecule has 0 saturated heterocycles. The number of benzene rings is 3. The van der Waals surface area contributed by atoms with Gasteiger partial charge in [0.25, 0.3) is 11.8 Å². The molecule has 0 aromatic heterocycles. The number of ether oxygens (including phenoxy) is 2. The first kappa shape index (κ1) is 21.6. The Kier molecular flexibility index (Phi) is 6.23. The monoisotopic (exact) mass is 494 g/mol. The highest BCUT2D eigenvalue weighted by Crippen LogP contribution is 2.35. The van der Waals surface area contributed by atoms with Gasteiger partial charge in [-0.15, -0.1) is 0 Å². The lowest BCUT2D eigenvalue weighted by Crippen LogP contribution is -2.38. The first-order chi connectivity index (χ1) is 15.4. The standard InChI is InChI=1S/C24H19BrN2O5/c1-31-24(30)17-6-2-4-15(10-17)13-27-20-12-19(8-9-21(20)32-14-22(27)28)26-23(29)16-5-3-7-18(25)11-16/h2-12H,13-14H2,1H3,(H,26,29). The van der Waals surface area contributed by atoms with Gasteiger partial charge in [0, 0.05) is 15.7 Å². The lowest BCUT2D eigenvalue weighted by molar-refractivity contribution is -0.121. The summed E-state index contributed by atoms with van der Waals surface area (Å²) in [5, 5.41) is 2.85. The summed E-state index contributed by atoms with van der Waals surface area (Å²) in [6, 6.07) is 19.1. The van der Waals surface area contributed by atoms with Crippen LogP contribution >= 0.6 is 15.9 Å². The molecule has 0 bridgehead atoms. The van der Waals surface area contributed by atoms with Crippen LogP contribution in [0.1, 0.15) is 26.3 Å². The van der Waals surface area contributed by atoms with E-state index in [9.17, 15) is 14.4 Å². The molecule has 2 amide bonds. The molecule has 0 saturated carbocycles. The molecule has 0 unspecified atom stereocenters. The lowest BCUT2D eigenvalue weighted by Gasteiger charge is -2.30. The van der Waals surface area contributed by atoms with Crippen molar-refractivity contribution in [3.05, 3.63) is 87.9 Å². The number of rotatable bonds is 5. The van der Waals surface area contributed by atoms with Crippen molar-refractivity contribution in [2.24, 2.45) is 0 Å². The number of methoxy groups -OCH3 is 1. The summed E-state index contributed by atoms with van der Waals surface area (Å²) in [6.07, 6.45) is 0. The van der Waals surface area contributed by atoms with E-state index in [1.165, 1.54) is 7.11 Å². The van der Waals surface area contributed by atoms with Crippen LogP contribution < -0.4 is 15.0 Å². The third-order valence-corrected chi connectivity index (χ3v) is 5.43. The molecule has 162 valence electrons. The summed E-state index contributed by atoms with van der Waals surface area (Å²) in [4.78, 5) is 38.7. The van der Waals surface area contributed by atoms with Crippen LogP contribution in [-0.2, 0) is 16.1 Å². The van der Waals surface area contributed by atoms with E-state index in [2.05, 4.69) is 21.2 Å². The molecule has 0 aliphatic carbocycles. The van der Waals surface area contributed by atoms with Crippen molar-refractivity contribution in [3.8, 4) is 5.75 Å². The Balaban J connectivity index is 1.60. The number of anilines is 2. The van der Waals surface area contributed by atoms with Gasteiger partial charge < -0.3 is 19.7 Å². The van der Waals surface area contributed by atoms with Gasteiger partial charge in [-0.1, -0.05) is 34.1 Å². The average molecular weight is 495 g/mol. The highest BCUT2D eigenvalue weighted by molar-refractivity contribution is 9.10. The highest BCUT2D eigenvalue weighted by Gasteiger charge is 2.26. The Hall–Kier alpha value is -3.65. The Morgan fingerprint density at radius 3 is 2.62 bits per heavy atom. The second kappa shape index (κ2) is 9.23. The number of halogens is 1. The van der Waals surface area contributed by atoms with E-state index in [1.807, 2.05) is 12.1 Å². The fourth-order valence-electron chi connectivity index (χ4n) is 3.38. The van der Waals surface area contributed by atoms with E-state index in [1.54, 1.807) is 59.5 Å². The SMILES string of the molecule is COC(=O)c1cccc(CN2C(=O)COc3ccc(NC(=O)c4cccc(Br)c4)cc32)c1. The summed E-state index contributed by atoms with van der Waals surface area (Å²) < 4.78 is 11.1. The summed E-state index contributed by atoms with van der Waals surface area (Å²) in [7, 11) is 1.32. The van der Waals surface area contributed by atoms with Gasteiger partial charge >= 0.3 is 5.97 Å². The normalized spacial score (nSPS) is 12.6. The summed E-state index contributed by atoms with van der Waals surface area (Å²) >= 11 is 3.36. The molecular weight excluding hydrogens is 476 g/mol. The zero-order chi connectivity index (χ0) is 22.7. The van der Waals surface area contributed by atoms with Crippen molar-refractivity contribution >= 4 is 45.1 Å². The van der Waals surface area contributed by atoms with Crippen LogP contribution in [0.25, 0.3) is 0 Å². The summed E-state index contributed by atoms with van der Waals surface area (Å²) in [6.45, 7) is 0.149. The van der Waals surface area contributed by atoms with Gasteiger partial charge in [0.1, 0.15) is 5.75 Å². The second-order valence-corrected chi connectivity index (χ2v) is 8.02. The zero-order valence-electron chi connectivity index (χ0n) is 17.1.